The number of nitrogens with zero attached hydrogens (tertiary/aromatic N) is 2. The molecule has 3 aromatic rings. The maximum atomic E-state index is 5.72. The third-order valence-electron chi connectivity index (χ3n) is 4.38. The summed E-state index contributed by atoms with van der Waals surface area (Å²) in [5.74, 6) is 1.70. The molecule has 0 fully saturated rings. The number of nitrogens with one attached hydrogen (secondary N) is 1. The molecule has 0 aliphatic heterocycles. The van der Waals surface area contributed by atoms with Crippen molar-refractivity contribution in [2.75, 3.05) is 14.2 Å². The van der Waals surface area contributed by atoms with E-state index in [4.69, 9.17) is 26.1 Å². The molecule has 2 aromatic heterocycles. The largest absolute Gasteiger partial charge is 0.493 e. The van der Waals surface area contributed by atoms with Gasteiger partial charge in [-0.2, -0.15) is 0 Å². The van der Waals surface area contributed by atoms with Gasteiger partial charge in [0.05, 0.1) is 20.9 Å². The smallest absolute Gasteiger partial charge is 0.288 e. The van der Waals surface area contributed by atoms with Crippen LogP contribution in [-0.4, -0.2) is 24.0 Å². The molecule has 0 amide bonds. The van der Waals surface area contributed by atoms with E-state index in [9.17, 15) is 0 Å². The first-order valence-electron chi connectivity index (χ1n) is 8.90. The van der Waals surface area contributed by atoms with Crippen LogP contribution in [0, 0.1) is 10.3 Å². The molecule has 0 radical (unpaired) electrons. The fraction of sp³-hybridized carbons (Fsp3) is 0.400. The Morgan fingerprint density at radius 1 is 1.21 bits per heavy atom. The van der Waals surface area contributed by atoms with Gasteiger partial charge in [0.25, 0.3) is 4.84 Å². The van der Waals surface area contributed by atoms with Crippen molar-refractivity contribution in [3.8, 4) is 23.0 Å². The number of ether oxygens (including phenoxy) is 2. The second-order valence-corrected chi connectivity index (χ2v) is 8.75. The maximum Gasteiger partial charge on any atom is 0.288 e. The van der Waals surface area contributed by atoms with Gasteiger partial charge in [0.1, 0.15) is 0 Å². The predicted octanol–water partition coefficient (Wildman–Crippen LogP) is 5.29. The van der Waals surface area contributed by atoms with Gasteiger partial charge in [-0.3, -0.25) is 5.32 Å². The molecule has 0 aliphatic carbocycles. The van der Waals surface area contributed by atoms with Gasteiger partial charge in [0, 0.05) is 16.5 Å². The molecular weight excluding hydrogens is 394 g/mol. The van der Waals surface area contributed by atoms with Gasteiger partial charge in [-0.25, -0.2) is 4.68 Å². The van der Waals surface area contributed by atoms with Crippen LogP contribution in [0.5, 0.6) is 11.5 Å². The van der Waals surface area contributed by atoms with Gasteiger partial charge in [-0.15, -0.1) is 16.4 Å². The first-order valence-corrected chi connectivity index (χ1v) is 10.2. The van der Waals surface area contributed by atoms with Crippen LogP contribution in [0.2, 0.25) is 0 Å². The summed E-state index contributed by atoms with van der Waals surface area (Å²) in [4.78, 5) is 1.60. The second kappa shape index (κ2) is 8.46. The van der Waals surface area contributed by atoms with Crippen LogP contribution in [0.3, 0.4) is 0 Å². The van der Waals surface area contributed by atoms with Crippen molar-refractivity contribution in [2.45, 2.75) is 33.5 Å². The minimum atomic E-state index is 0.0446. The highest BCUT2D eigenvalue weighted by Crippen LogP contribution is 2.35. The SMILES string of the molecule is COc1ccc(-c2nn(CNC(c3cccs3)C(C)(C)C)c(=S)o2)cc1OC. The molecule has 8 heteroatoms. The van der Waals surface area contributed by atoms with Crippen molar-refractivity contribution >= 4 is 23.6 Å². The van der Waals surface area contributed by atoms with Gasteiger partial charge >= 0.3 is 0 Å². The van der Waals surface area contributed by atoms with Crippen LogP contribution in [-0.2, 0) is 6.67 Å². The molecule has 1 atom stereocenters. The topological polar surface area (TPSA) is 61.5 Å². The summed E-state index contributed by atoms with van der Waals surface area (Å²) in [7, 11) is 3.19. The number of methoxy groups -OCH3 is 2. The van der Waals surface area contributed by atoms with Crippen LogP contribution >= 0.6 is 23.6 Å². The van der Waals surface area contributed by atoms with E-state index in [-0.39, 0.29) is 11.5 Å². The molecule has 28 heavy (non-hydrogen) atoms. The number of benzene rings is 1. The van der Waals surface area contributed by atoms with Crippen molar-refractivity contribution in [3.05, 3.63) is 45.4 Å². The zero-order valence-electron chi connectivity index (χ0n) is 16.7. The van der Waals surface area contributed by atoms with Gasteiger partial charge < -0.3 is 13.9 Å². The number of thiophene rings is 1. The Bertz CT molecular complexity index is 971. The first kappa shape index (κ1) is 20.6. The lowest BCUT2D eigenvalue weighted by molar-refractivity contribution is 0.253. The van der Waals surface area contributed by atoms with Crippen molar-refractivity contribution in [1.29, 1.82) is 0 Å². The summed E-state index contributed by atoms with van der Waals surface area (Å²) in [6, 6.07) is 9.89. The summed E-state index contributed by atoms with van der Waals surface area (Å²) < 4.78 is 18.0. The normalized spacial score (nSPS) is 12.8. The van der Waals surface area contributed by atoms with E-state index in [1.165, 1.54) is 4.88 Å². The molecule has 1 N–H and O–H groups in total. The van der Waals surface area contributed by atoms with E-state index in [1.807, 2.05) is 18.2 Å². The lowest BCUT2D eigenvalue weighted by atomic mass is 9.86. The maximum absolute atomic E-state index is 5.72. The average Bonchev–Trinajstić information content (AvgIpc) is 3.30. The highest BCUT2D eigenvalue weighted by atomic mass is 32.1. The summed E-state index contributed by atoms with van der Waals surface area (Å²) in [6.07, 6.45) is 0. The standard InChI is InChI=1S/C20H25N3O3S2/c1-20(2,3)17(16-7-6-10-28-16)21-12-23-19(27)26-18(22-23)13-8-9-14(24-4)15(11-13)25-5/h6-11,17,21H,12H2,1-5H3. The summed E-state index contributed by atoms with van der Waals surface area (Å²) in [5, 5.41) is 10.2. The third-order valence-corrected chi connectivity index (χ3v) is 5.61. The molecule has 2 heterocycles. The summed E-state index contributed by atoms with van der Waals surface area (Å²) >= 11 is 7.11. The zero-order valence-corrected chi connectivity index (χ0v) is 18.3. The fourth-order valence-electron chi connectivity index (χ4n) is 2.96. The van der Waals surface area contributed by atoms with E-state index in [1.54, 1.807) is 30.2 Å². The Morgan fingerprint density at radius 3 is 2.57 bits per heavy atom. The van der Waals surface area contributed by atoms with E-state index in [0.29, 0.717) is 28.9 Å². The lowest BCUT2D eigenvalue weighted by Gasteiger charge is -2.30. The number of hydrogen-bond acceptors (Lipinski definition) is 7. The molecule has 0 saturated carbocycles. The molecular formula is C20H25N3O3S2. The van der Waals surface area contributed by atoms with Gasteiger partial charge in [-0.05, 0) is 47.3 Å². The Hall–Kier alpha value is -2.16. The molecule has 0 aliphatic rings. The van der Waals surface area contributed by atoms with Crippen LogP contribution in [0.15, 0.2) is 40.1 Å². The van der Waals surface area contributed by atoms with Crippen molar-refractivity contribution in [2.24, 2.45) is 5.41 Å². The number of hydrogen-bond donors (Lipinski definition) is 1. The number of aromatic nitrogens is 2. The van der Waals surface area contributed by atoms with Gasteiger partial charge in [0.15, 0.2) is 11.5 Å². The van der Waals surface area contributed by atoms with Crippen molar-refractivity contribution in [1.82, 2.24) is 15.1 Å². The molecule has 0 spiro atoms. The monoisotopic (exact) mass is 419 g/mol. The van der Waals surface area contributed by atoms with Crippen LogP contribution in [0.4, 0.5) is 0 Å². The Balaban J connectivity index is 1.82. The Labute approximate surface area is 174 Å². The van der Waals surface area contributed by atoms with E-state index in [0.717, 1.165) is 5.56 Å². The van der Waals surface area contributed by atoms with Gasteiger partial charge in [0.2, 0.25) is 5.89 Å². The minimum Gasteiger partial charge on any atom is -0.493 e. The quantitative estimate of drug-likeness (QED) is 0.525. The van der Waals surface area contributed by atoms with Crippen LogP contribution in [0.1, 0.15) is 31.7 Å². The minimum absolute atomic E-state index is 0.0446. The predicted molar refractivity (Wildman–Crippen MR) is 114 cm³/mol. The fourth-order valence-corrected chi connectivity index (χ4v) is 4.19. The first-order chi connectivity index (χ1) is 13.3. The Morgan fingerprint density at radius 2 is 1.96 bits per heavy atom. The van der Waals surface area contributed by atoms with E-state index < -0.39 is 0 Å². The highest BCUT2D eigenvalue weighted by molar-refractivity contribution is 7.71. The Kier molecular flexibility index (Phi) is 6.22. The molecule has 0 saturated heterocycles. The molecule has 6 nitrogen and oxygen atoms in total. The molecule has 150 valence electrons. The molecule has 1 aromatic carbocycles. The van der Waals surface area contributed by atoms with E-state index >= 15 is 0 Å². The van der Waals surface area contributed by atoms with Crippen LogP contribution in [0.25, 0.3) is 11.5 Å². The molecule has 3 rings (SSSR count). The highest BCUT2D eigenvalue weighted by Gasteiger charge is 2.27. The van der Waals surface area contributed by atoms with Gasteiger partial charge in [-0.1, -0.05) is 26.8 Å². The molecule has 0 bridgehead atoms. The van der Waals surface area contributed by atoms with Crippen molar-refractivity contribution < 1.29 is 13.9 Å². The number of rotatable bonds is 7. The van der Waals surface area contributed by atoms with E-state index in [2.05, 4.69) is 48.7 Å². The summed E-state index contributed by atoms with van der Waals surface area (Å²) in [6.45, 7) is 7.08. The second-order valence-electron chi connectivity index (χ2n) is 7.42. The third kappa shape index (κ3) is 4.45. The summed E-state index contributed by atoms with van der Waals surface area (Å²) in [5.41, 5.74) is 0.816. The average molecular weight is 420 g/mol. The van der Waals surface area contributed by atoms with Crippen LogP contribution < -0.4 is 14.8 Å². The zero-order chi connectivity index (χ0) is 20.3. The lowest BCUT2D eigenvalue weighted by Crippen LogP contribution is -2.33. The molecule has 1 unspecified atom stereocenters. The van der Waals surface area contributed by atoms with Crippen molar-refractivity contribution in [3.63, 3.8) is 0 Å².